The SMILES string of the molecule is CNCC(C)(C)N1CC(=O)N(C)c2cc(Br)ccc21. The molecule has 0 aliphatic carbocycles. The van der Waals surface area contributed by atoms with Crippen molar-refractivity contribution in [1.29, 1.82) is 0 Å². The van der Waals surface area contributed by atoms with Gasteiger partial charge in [-0.25, -0.2) is 0 Å². The fraction of sp³-hybridized carbons (Fsp3) is 0.500. The van der Waals surface area contributed by atoms with Crippen molar-refractivity contribution < 1.29 is 4.79 Å². The van der Waals surface area contributed by atoms with E-state index >= 15 is 0 Å². The molecular formula is C14H20BrN3O. The molecule has 0 saturated heterocycles. The summed E-state index contributed by atoms with van der Waals surface area (Å²) in [6.45, 7) is 5.53. The second kappa shape index (κ2) is 5.13. The number of carbonyl (C=O) groups is 1. The number of carbonyl (C=O) groups excluding carboxylic acids is 1. The Kier molecular flexibility index (Phi) is 3.87. The number of benzene rings is 1. The first-order valence-corrected chi connectivity index (χ1v) is 7.14. The molecule has 1 aliphatic heterocycles. The highest BCUT2D eigenvalue weighted by Crippen LogP contribution is 2.38. The highest BCUT2D eigenvalue weighted by molar-refractivity contribution is 9.10. The molecule has 4 nitrogen and oxygen atoms in total. The van der Waals surface area contributed by atoms with Gasteiger partial charge in [-0.3, -0.25) is 4.79 Å². The van der Waals surface area contributed by atoms with Gasteiger partial charge in [-0.15, -0.1) is 0 Å². The number of hydrogen-bond donors (Lipinski definition) is 1. The number of hydrogen-bond acceptors (Lipinski definition) is 3. The molecule has 19 heavy (non-hydrogen) atoms. The number of amides is 1. The number of nitrogens with zero attached hydrogens (tertiary/aromatic N) is 2. The van der Waals surface area contributed by atoms with Crippen LogP contribution in [0.5, 0.6) is 0 Å². The smallest absolute Gasteiger partial charge is 0.246 e. The van der Waals surface area contributed by atoms with Gasteiger partial charge in [0.1, 0.15) is 0 Å². The molecule has 0 radical (unpaired) electrons. The zero-order valence-corrected chi connectivity index (χ0v) is 13.4. The fourth-order valence-corrected chi connectivity index (χ4v) is 2.87. The van der Waals surface area contributed by atoms with Crippen molar-refractivity contribution in [3.05, 3.63) is 22.7 Å². The van der Waals surface area contributed by atoms with Gasteiger partial charge in [0.05, 0.1) is 17.9 Å². The summed E-state index contributed by atoms with van der Waals surface area (Å²) >= 11 is 3.47. The first kappa shape index (κ1) is 14.3. The number of nitrogens with one attached hydrogen (secondary N) is 1. The third-order valence-electron chi connectivity index (χ3n) is 3.60. The normalized spacial score (nSPS) is 15.7. The Balaban J connectivity index is 2.49. The minimum Gasteiger partial charge on any atom is -0.354 e. The first-order valence-electron chi connectivity index (χ1n) is 6.35. The van der Waals surface area contributed by atoms with E-state index in [1.807, 2.05) is 26.2 Å². The number of fused-ring (bicyclic) bond motifs is 1. The van der Waals surface area contributed by atoms with Gasteiger partial charge in [-0.2, -0.15) is 0 Å². The lowest BCUT2D eigenvalue weighted by Crippen LogP contribution is -2.56. The van der Waals surface area contributed by atoms with Gasteiger partial charge in [-0.1, -0.05) is 15.9 Å². The molecule has 2 rings (SSSR count). The van der Waals surface area contributed by atoms with E-state index in [-0.39, 0.29) is 11.4 Å². The Morgan fingerprint density at radius 3 is 2.68 bits per heavy atom. The molecule has 5 heteroatoms. The Bertz CT molecular complexity index is 501. The quantitative estimate of drug-likeness (QED) is 0.925. The van der Waals surface area contributed by atoms with Gasteiger partial charge in [-0.05, 0) is 39.1 Å². The summed E-state index contributed by atoms with van der Waals surface area (Å²) in [5.74, 6) is 0.120. The van der Waals surface area contributed by atoms with Crippen LogP contribution in [-0.4, -0.2) is 38.6 Å². The summed E-state index contributed by atoms with van der Waals surface area (Å²) in [6.07, 6.45) is 0. The van der Waals surface area contributed by atoms with Crippen LogP contribution in [0.2, 0.25) is 0 Å². The molecule has 1 amide bonds. The summed E-state index contributed by atoms with van der Waals surface area (Å²) in [4.78, 5) is 16.1. The topological polar surface area (TPSA) is 35.6 Å². The van der Waals surface area contributed by atoms with Gasteiger partial charge in [0.25, 0.3) is 0 Å². The summed E-state index contributed by atoms with van der Waals surface area (Å²) in [5, 5.41) is 3.20. The maximum absolute atomic E-state index is 12.2. The number of halogens is 1. The molecule has 1 aromatic rings. The molecule has 1 aliphatic rings. The van der Waals surface area contributed by atoms with Crippen molar-refractivity contribution in [2.24, 2.45) is 0 Å². The van der Waals surface area contributed by atoms with Crippen molar-refractivity contribution in [2.45, 2.75) is 19.4 Å². The van der Waals surface area contributed by atoms with Crippen LogP contribution in [0.15, 0.2) is 22.7 Å². The molecule has 0 atom stereocenters. The monoisotopic (exact) mass is 325 g/mol. The average Bonchev–Trinajstić information content (AvgIpc) is 2.33. The zero-order chi connectivity index (χ0) is 14.2. The molecule has 0 aromatic heterocycles. The Morgan fingerprint density at radius 1 is 1.37 bits per heavy atom. The third kappa shape index (κ3) is 2.62. The highest BCUT2D eigenvalue weighted by atomic mass is 79.9. The van der Waals surface area contributed by atoms with Crippen LogP contribution in [0.25, 0.3) is 0 Å². The lowest BCUT2D eigenvalue weighted by molar-refractivity contribution is -0.117. The van der Waals surface area contributed by atoms with E-state index < -0.39 is 0 Å². The molecule has 0 fully saturated rings. The van der Waals surface area contributed by atoms with Gasteiger partial charge in [0.2, 0.25) is 5.91 Å². The highest BCUT2D eigenvalue weighted by Gasteiger charge is 2.35. The predicted octanol–water partition coefficient (Wildman–Crippen LogP) is 2.23. The Labute approximate surface area is 122 Å². The molecule has 0 spiro atoms. The van der Waals surface area contributed by atoms with E-state index in [4.69, 9.17) is 0 Å². The van der Waals surface area contributed by atoms with Crippen molar-refractivity contribution in [2.75, 3.05) is 37.0 Å². The van der Waals surface area contributed by atoms with Gasteiger partial charge >= 0.3 is 0 Å². The van der Waals surface area contributed by atoms with Crippen LogP contribution >= 0.6 is 15.9 Å². The number of rotatable bonds is 3. The van der Waals surface area contributed by atoms with Crippen molar-refractivity contribution in [1.82, 2.24) is 5.32 Å². The van der Waals surface area contributed by atoms with E-state index in [9.17, 15) is 4.79 Å². The molecule has 1 heterocycles. The summed E-state index contributed by atoms with van der Waals surface area (Å²) in [5.41, 5.74) is 1.94. The minimum atomic E-state index is -0.117. The number of anilines is 2. The third-order valence-corrected chi connectivity index (χ3v) is 4.09. The molecule has 1 aromatic carbocycles. The van der Waals surface area contributed by atoms with E-state index in [1.54, 1.807) is 4.90 Å². The standard InChI is InChI=1S/C14H20BrN3O/c1-14(2,9-16-3)18-8-13(19)17(4)12-7-10(15)5-6-11(12)18/h5-7,16H,8-9H2,1-4H3. The summed E-state index contributed by atoms with van der Waals surface area (Å²) in [7, 11) is 3.76. The Hall–Kier alpha value is -1.07. The van der Waals surface area contributed by atoms with Crippen molar-refractivity contribution >= 4 is 33.2 Å². The average molecular weight is 326 g/mol. The Morgan fingerprint density at radius 2 is 2.05 bits per heavy atom. The maximum Gasteiger partial charge on any atom is 0.246 e. The molecule has 104 valence electrons. The van der Waals surface area contributed by atoms with Crippen molar-refractivity contribution in [3.63, 3.8) is 0 Å². The van der Waals surface area contributed by atoms with Crippen LogP contribution in [-0.2, 0) is 4.79 Å². The fourth-order valence-electron chi connectivity index (χ4n) is 2.52. The van der Waals surface area contributed by atoms with Crippen molar-refractivity contribution in [3.8, 4) is 0 Å². The van der Waals surface area contributed by atoms with E-state index in [1.165, 1.54) is 0 Å². The van der Waals surface area contributed by atoms with Crippen LogP contribution < -0.4 is 15.1 Å². The molecular weight excluding hydrogens is 306 g/mol. The van der Waals surface area contributed by atoms with Crippen LogP contribution in [0.4, 0.5) is 11.4 Å². The predicted molar refractivity (Wildman–Crippen MR) is 82.9 cm³/mol. The number of likely N-dealkylation sites (N-methyl/N-ethyl adjacent to an activating group) is 2. The first-order chi connectivity index (χ1) is 8.86. The van der Waals surface area contributed by atoms with Gasteiger partial charge < -0.3 is 15.1 Å². The van der Waals surface area contributed by atoms with Crippen LogP contribution in [0.3, 0.4) is 0 Å². The lowest BCUT2D eigenvalue weighted by Gasteiger charge is -2.45. The maximum atomic E-state index is 12.2. The molecule has 1 N–H and O–H groups in total. The van der Waals surface area contributed by atoms with Crippen LogP contribution in [0, 0.1) is 0 Å². The van der Waals surface area contributed by atoms with E-state index in [2.05, 4.69) is 46.1 Å². The lowest BCUT2D eigenvalue weighted by atomic mass is 9.99. The zero-order valence-electron chi connectivity index (χ0n) is 11.8. The van der Waals surface area contributed by atoms with Gasteiger partial charge in [0, 0.05) is 23.6 Å². The largest absolute Gasteiger partial charge is 0.354 e. The molecule has 0 bridgehead atoms. The van der Waals surface area contributed by atoms with Gasteiger partial charge in [0.15, 0.2) is 0 Å². The molecule has 0 saturated carbocycles. The summed E-state index contributed by atoms with van der Waals surface area (Å²) < 4.78 is 0.985. The minimum absolute atomic E-state index is 0.117. The second-order valence-corrected chi connectivity index (χ2v) is 6.43. The summed E-state index contributed by atoms with van der Waals surface area (Å²) in [6, 6.07) is 6.08. The van der Waals surface area contributed by atoms with Crippen LogP contribution in [0.1, 0.15) is 13.8 Å². The van der Waals surface area contributed by atoms with E-state index in [0.29, 0.717) is 6.54 Å². The second-order valence-electron chi connectivity index (χ2n) is 5.51. The molecule has 0 unspecified atom stereocenters. The van der Waals surface area contributed by atoms with E-state index in [0.717, 1.165) is 22.4 Å².